The van der Waals surface area contributed by atoms with E-state index in [4.69, 9.17) is 5.73 Å². The predicted octanol–water partition coefficient (Wildman–Crippen LogP) is -0.0560. The molecule has 8 heteroatoms. The fourth-order valence-corrected chi connectivity index (χ4v) is 3.21. The summed E-state index contributed by atoms with van der Waals surface area (Å²) in [6.45, 7) is 0.742. The van der Waals surface area contributed by atoms with Crippen LogP contribution in [0.1, 0.15) is 33.6 Å². The maximum absolute atomic E-state index is 12.8. The molecule has 1 fully saturated rings. The third-order valence-electron chi connectivity index (χ3n) is 4.54. The van der Waals surface area contributed by atoms with Gasteiger partial charge in [-0.25, -0.2) is 0 Å². The zero-order valence-corrected chi connectivity index (χ0v) is 14.2. The van der Waals surface area contributed by atoms with Crippen molar-refractivity contribution in [1.29, 1.82) is 0 Å². The van der Waals surface area contributed by atoms with Gasteiger partial charge in [-0.05, 0) is 32.6 Å². The zero-order valence-electron chi connectivity index (χ0n) is 14.2. The Morgan fingerprint density at radius 3 is 2.52 bits per heavy atom. The van der Waals surface area contributed by atoms with E-state index in [2.05, 4.69) is 0 Å². The van der Waals surface area contributed by atoms with Gasteiger partial charge in [0, 0.05) is 25.2 Å². The quantitative estimate of drug-likeness (QED) is 0.606. The standard InChI is InChI=1S/C17H20N4O4/c1-19(2)8-9-20-13(22)7-6-12(16(20)24)21-15(23)10-4-3-5-11(18)14(10)17(21)25/h3-5,12H,6-9,18H2,1-2H3. The van der Waals surface area contributed by atoms with Crippen LogP contribution in [0.15, 0.2) is 18.2 Å². The number of anilines is 1. The van der Waals surface area contributed by atoms with Crippen LogP contribution >= 0.6 is 0 Å². The first-order valence-electron chi connectivity index (χ1n) is 8.08. The molecule has 1 aromatic rings. The van der Waals surface area contributed by atoms with Crippen molar-refractivity contribution in [2.75, 3.05) is 32.9 Å². The second-order valence-corrected chi connectivity index (χ2v) is 6.49. The third-order valence-corrected chi connectivity index (χ3v) is 4.54. The topological polar surface area (TPSA) is 104 Å². The van der Waals surface area contributed by atoms with Gasteiger partial charge in [0.15, 0.2) is 0 Å². The molecule has 0 radical (unpaired) electrons. The van der Waals surface area contributed by atoms with Gasteiger partial charge in [-0.3, -0.25) is 29.0 Å². The number of amides is 4. The Bertz CT molecular complexity index is 774. The molecule has 132 valence electrons. The summed E-state index contributed by atoms with van der Waals surface area (Å²) in [5.41, 5.74) is 6.38. The highest BCUT2D eigenvalue weighted by Gasteiger charge is 2.47. The van der Waals surface area contributed by atoms with Crippen LogP contribution in [0.25, 0.3) is 0 Å². The first-order valence-corrected chi connectivity index (χ1v) is 8.08. The van der Waals surface area contributed by atoms with Crippen molar-refractivity contribution < 1.29 is 19.2 Å². The van der Waals surface area contributed by atoms with Crippen LogP contribution in [0, 0.1) is 0 Å². The summed E-state index contributed by atoms with van der Waals surface area (Å²) in [4.78, 5) is 54.1. The Kier molecular flexibility index (Phi) is 4.30. The number of carbonyl (C=O) groups excluding carboxylic acids is 4. The Balaban J connectivity index is 1.88. The third kappa shape index (κ3) is 2.78. The van der Waals surface area contributed by atoms with Crippen LogP contribution in [-0.4, -0.2) is 71.6 Å². The summed E-state index contributed by atoms with van der Waals surface area (Å²) in [6.07, 6.45) is 0.258. The smallest absolute Gasteiger partial charge is 0.264 e. The van der Waals surface area contributed by atoms with Gasteiger partial charge < -0.3 is 10.6 Å². The van der Waals surface area contributed by atoms with Crippen LogP contribution < -0.4 is 5.73 Å². The number of likely N-dealkylation sites (N-methyl/N-ethyl adjacent to an activating group) is 1. The van der Waals surface area contributed by atoms with E-state index in [9.17, 15) is 19.2 Å². The molecular formula is C17H20N4O4. The lowest BCUT2D eigenvalue weighted by atomic mass is 10.0. The highest BCUT2D eigenvalue weighted by Crippen LogP contribution is 2.31. The molecule has 1 atom stereocenters. The fourth-order valence-electron chi connectivity index (χ4n) is 3.21. The highest BCUT2D eigenvalue weighted by molar-refractivity contribution is 6.25. The van der Waals surface area contributed by atoms with Crippen molar-refractivity contribution in [2.24, 2.45) is 0 Å². The maximum Gasteiger partial charge on any atom is 0.264 e. The van der Waals surface area contributed by atoms with Gasteiger partial charge in [0.05, 0.1) is 11.1 Å². The monoisotopic (exact) mass is 344 g/mol. The number of carbonyl (C=O) groups is 4. The van der Waals surface area contributed by atoms with E-state index in [0.29, 0.717) is 6.54 Å². The van der Waals surface area contributed by atoms with Crippen LogP contribution in [0.4, 0.5) is 5.69 Å². The van der Waals surface area contributed by atoms with E-state index in [1.165, 1.54) is 6.07 Å². The lowest BCUT2D eigenvalue weighted by Crippen LogP contribution is -2.57. The van der Waals surface area contributed by atoms with E-state index in [0.717, 1.165) is 9.80 Å². The summed E-state index contributed by atoms with van der Waals surface area (Å²) in [5, 5.41) is 0. The number of imide groups is 2. The Morgan fingerprint density at radius 2 is 1.88 bits per heavy atom. The van der Waals surface area contributed by atoms with Crippen molar-refractivity contribution >= 4 is 29.3 Å². The van der Waals surface area contributed by atoms with Crippen molar-refractivity contribution in [3.63, 3.8) is 0 Å². The second-order valence-electron chi connectivity index (χ2n) is 6.49. The van der Waals surface area contributed by atoms with Crippen LogP contribution in [0.2, 0.25) is 0 Å². The number of piperidine rings is 1. The molecule has 0 saturated carbocycles. The van der Waals surface area contributed by atoms with Gasteiger partial charge in [0.1, 0.15) is 6.04 Å². The fraction of sp³-hybridized carbons (Fsp3) is 0.412. The molecule has 0 aliphatic carbocycles. The first kappa shape index (κ1) is 17.1. The molecular weight excluding hydrogens is 324 g/mol. The largest absolute Gasteiger partial charge is 0.398 e. The number of likely N-dealkylation sites (tertiary alicyclic amines) is 1. The summed E-state index contributed by atoms with van der Waals surface area (Å²) in [6, 6.07) is 3.70. The number of fused-ring (bicyclic) bond motifs is 1. The number of benzene rings is 1. The lowest BCUT2D eigenvalue weighted by Gasteiger charge is -2.34. The summed E-state index contributed by atoms with van der Waals surface area (Å²) in [5.74, 6) is -1.89. The van der Waals surface area contributed by atoms with Gasteiger partial charge in [-0.1, -0.05) is 6.07 Å². The maximum atomic E-state index is 12.8. The lowest BCUT2D eigenvalue weighted by molar-refractivity contribution is -0.151. The van der Waals surface area contributed by atoms with E-state index in [-0.39, 0.29) is 42.1 Å². The number of hydrogen-bond acceptors (Lipinski definition) is 6. The van der Waals surface area contributed by atoms with Crippen molar-refractivity contribution in [3.8, 4) is 0 Å². The zero-order chi connectivity index (χ0) is 18.3. The average Bonchev–Trinajstić information content (AvgIpc) is 2.80. The molecule has 0 bridgehead atoms. The number of rotatable bonds is 4. The summed E-state index contributed by atoms with van der Waals surface area (Å²) in [7, 11) is 3.67. The molecule has 2 aliphatic heterocycles. The molecule has 2 aliphatic rings. The number of nitrogen functional groups attached to an aromatic ring is 1. The van der Waals surface area contributed by atoms with Crippen LogP contribution in [-0.2, 0) is 9.59 Å². The normalized spacial score (nSPS) is 20.7. The summed E-state index contributed by atoms with van der Waals surface area (Å²) < 4.78 is 0. The molecule has 4 amide bonds. The van der Waals surface area contributed by atoms with E-state index in [1.54, 1.807) is 12.1 Å². The van der Waals surface area contributed by atoms with Crippen molar-refractivity contribution in [3.05, 3.63) is 29.3 Å². The Labute approximate surface area is 145 Å². The molecule has 0 aromatic heterocycles. The highest BCUT2D eigenvalue weighted by atomic mass is 16.2. The number of hydrogen-bond donors (Lipinski definition) is 1. The minimum absolute atomic E-state index is 0.118. The first-order chi connectivity index (χ1) is 11.8. The van der Waals surface area contributed by atoms with Gasteiger partial charge in [0.2, 0.25) is 5.91 Å². The number of nitrogens with two attached hydrogens (primary N) is 1. The molecule has 25 heavy (non-hydrogen) atoms. The minimum Gasteiger partial charge on any atom is -0.398 e. The van der Waals surface area contributed by atoms with Crippen LogP contribution in [0.5, 0.6) is 0 Å². The van der Waals surface area contributed by atoms with Gasteiger partial charge in [-0.15, -0.1) is 0 Å². The number of nitrogens with zero attached hydrogens (tertiary/aromatic N) is 3. The predicted molar refractivity (Wildman–Crippen MR) is 89.7 cm³/mol. The average molecular weight is 344 g/mol. The van der Waals surface area contributed by atoms with Gasteiger partial charge in [0.25, 0.3) is 17.7 Å². The molecule has 1 saturated heterocycles. The molecule has 8 nitrogen and oxygen atoms in total. The van der Waals surface area contributed by atoms with Crippen LogP contribution in [0.3, 0.4) is 0 Å². The molecule has 2 heterocycles. The van der Waals surface area contributed by atoms with E-state index >= 15 is 0 Å². The van der Waals surface area contributed by atoms with Crippen molar-refractivity contribution in [2.45, 2.75) is 18.9 Å². The molecule has 2 N–H and O–H groups in total. The molecule has 1 aromatic carbocycles. The Morgan fingerprint density at radius 1 is 1.16 bits per heavy atom. The van der Waals surface area contributed by atoms with E-state index in [1.807, 2.05) is 19.0 Å². The molecule has 1 unspecified atom stereocenters. The summed E-state index contributed by atoms with van der Waals surface area (Å²) >= 11 is 0. The Hall–Kier alpha value is -2.74. The van der Waals surface area contributed by atoms with Gasteiger partial charge >= 0.3 is 0 Å². The molecule has 0 spiro atoms. The second kappa shape index (κ2) is 6.29. The molecule has 3 rings (SSSR count). The van der Waals surface area contributed by atoms with Gasteiger partial charge in [-0.2, -0.15) is 0 Å². The van der Waals surface area contributed by atoms with Crippen molar-refractivity contribution in [1.82, 2.24) is 14.7 Å². The SMILES string of the molecule is CN(C)CCN1C(=O)CCC(N2C(=O)c3cccc(N)c3C2=O)C1=O. The van der Waals surface area contributed by atoms with E-state index < -0.39 is 23.8 Å². The minimum atomic E-state index is -0.966.